The van der Waals surface area contributed by atoms with Crippen LogP contribution in [0.2, 0.25) is 0 Å². The van der Waals surface area contributed by atoms with Crippen LogP contribution in [-0.2, 0) is 13.1 Å². The van der Waals surface area contributed by atoms with E-state index in [1.54, 1.807) is 0 Å². The first-order chi connectivity index (χ1) is 12.3. The van der Waals surface area contributed by atoms with E-state index < -0.39 is 0 Å². The lowest BCUT2D eigenvalue weighted by Crippen LogP contribution is -2.38. The minimum absolute atomic E-state index is 0.745. The molecule has 1 aromatic carbocycles. The van der Waals surface area contributed by atoms with Crippen LogP contribution in [0.4, 0.5) is 5.82 Å². The number of nitrogens with one attached hydrogen (secondary N) is 1. The first-order valence-electron chi connectivity index (χ1n) is 8.92. The molecule has 1 N–H and O–H groups in total. The zero-order chi connectivity index (χ0) is 17.5. The summed E-state index contributed by atoms with van der Waals surface area (Å²) >= 11 is 0. The Hall–Kier alpha value is -2.56. The van der Waals surface area contributed by atoms with Crippen LogP contribution in [0.15, 0.2) is 53.7 Å². The monoisotopic (exact) mass is 337 g/mol. The van der Waals surface area contributed by atoms with Crippen LogP contribution in [0.25, 0.3) is 0 Å². The van der Waals surface area contributed by atoms with E-state index in [9.17, 15) is 0 Å². The van der Waals surface area contributed by atoms with Gasteiger partial charge in [-0.1, -0.05) is 30.3 Å². The summed E-state index contributed by atoms with van der Waals surface area (Å²) in [6.45, 7) is 3.81. The van der Waals surface area contributed by atoms with Crippen LogP contribution in [0.1, 0.15) is 24.0 Å². The Labute approximate surface area is 150 Å². The molecule has 0 saturated carbocycles. The lowest BCUT2D eigenvalue weighted by atomic mass is 10.2. The Kier molecular flexibility index (Phi) is 5.88. The van der Waals surface area contributed by atoms with Crippen LogP contribution in [-0.4, -0.2) is 43.0 Å². The largest absolute Gasteiger partial charge is 0.357 e. The zero-order valence-corrected chi connectivity index (χ0v) is 15.2. The fraction of sp³-hybridized carbons (Fsp3) is 0.400. The predicted octanol–water partition coefficient (Wildman–Crippen LogP) is 2.89. The third-order valence-electron chi connectivity index (χ3n) is 4.53. The summed E-state index contributed by atoms with van der Waals surface area (Å²) in [6.07, 6.45) is 4.43. The van der Waals surface area contributed by atoms with Crippen molar-refractivity contribution < 1.29 is 0 Å². The molecule has 1 aliphatic rings. The van der Waals surface area contributed by atoms with Crippen LogP contribution < -0.4 is 10.2 Å². The van der Waals surface area contributed by atoms with Crippen LogP contribution in [0.3, 0.4) is 0 Å². The average Bonchev–Trinajstić information content (AvgIpc) is 3.18. The summed E-state index contributed by atoms with van der Waals surface area (Å²) in [4.78, 5) is 13.4. The van der Waals surface area contributed by atoms with Crippen molar-refractivity contribution >= 4 is 11.8 Å². The Bertz CT molecular complexity index is 692. The molecule has 0 unspecified atom stereocenters. The van der Waals surface area contributed by atoms with Crippen LogP contribution in [0.5, 0.6) is 0 Å². The van der Waals surface area contributed by atoms with E-state index in [0.717, 1.165) is 38.0 Å². The molecule has 0 radical (unpaired) electrons. The van der Waals surface area contributed by atoms with Gasteiger partial charge in [-0.25, -0.2) is 4.98 Å². The summed E-state index contributed by atoms with van der Waals surface area (Å²) < 4.78 is 0. The van der Waals surface area contributed by atoms with Gasteiger partial charge in [-0.3, -0.25) is 4.99 Å². The highest BCUT2D eigenvalue weighted by Crippen LogP contribution is 2.18. The number of rotatable bonds is 5. The number of pyridine rings is 1. The summed E-state index contributed by atoms with van der Waals surface area (Å²) in [7, 11) is 3.89. The molecular formula is C20H27N5. The normalized spacial score (nSPS) is 14.6. The van der Waals surface area contributed by atoms with E-state index in [2.05, 4.69) is 68.5 Å². The molecule has 1 saturated heterocycles. The zero-order valence-electron chi connectivity index (χ0n) is 15.2. The van der Waals surface area contributed by atoms with Crippen molar-refractivity contribution in [3.8, 4) is 0 Å². The van der Waals surface area contributed by atoms with Gasteiger partial charge in [-0.2, -0.15) is 0 Å². The third kappa shape index (κ3) is 4.72. The van der Waals surface area contributed by atoms with Crippen molar-refractivity contribution in [2.45, 2.75) is 25.9 Å². The number of anilines is 1. The highest BCUT2D eigenvalue weighted by atomic mass is 15.3. The molecular weight excluding hydrogens is 310 g/mol. The second-order valence-electron chi connectivity index (χ2n) is 6.46. The van der Waals surface area contributed by atoms with Gasteiger partial charge < -0.3 is 15.1 Å². The van der Waals surface area contributed by atoms with E-state index in [0.29, 0.717) is 0 Å². The van der Waals surface area contributed by atoms with Crippen molar-refractivity contribution in [1.82, 2.24) is 15.2 Å². The molecule has 0 spiro atoms. The molecule has 1 aliphatic heterocycles. The Morgan fingerprint density at radius 1 is 1.16 bits per heavy atom. The van der Waals surface area contributed by atoms with Crippen molar-refractivity contribution in [1.29, 1.82) is 0 Å². The number of guanidine groups is 1. The third-order valence-corrected chi connectivity index (χ3v) is 4.53. The second kappa shape index (κ2) is 8.51. The number of nitrogens with zero attached hydrogens (tertiary/aromatic N) is 4. The summed E-state index contributed by atoms with van der Waals surface area (Å²) in [6, 6.07) is 14.7. The Balaban J connectivity index is 1.58. The van der Waals surface area contributed by atoms with E-state index in [-0.39, 0.29) is 0 Å². The number of aliphatic imine (C=N–C) groups is 1. The first kappa shape index (κ1) is 17.3. The second-order valence-corrected chi connectivity index (χ2v) is 6.46. The van der Waals surface area contributed by atoms with E-state index in [1.165, 1.54) is 24.0 Å². The lowest BCUT2D eigenvalue weighted by molar-refractivity contribution is 0.476. The van der Waals surface area contributed by atoms with Gasteiger partial charge in [0.15, 0.2) is 5.96 Å². The van der Waals surface area contributed by atoms with E-state index >= 15 is 0 Å². The van der Waals surface area contributed by atoms with E-state index in [1.807, 2.05) is 19.3 Å². The molecule has 132 valence electrons. The van der Waals surface area contributed by atoms with Crippen molar-refractivity contribution in [2.24, 2.45) is 4.99 Å². The van der Waals surface area contributed by atoms with Gasteiger partial charge in [-0.15, -0.1) is 0 Å². The summed E-state index contributed by atoms with van der Waals surface area (Å²) in [5.74, 6) is 1.98. The molecule has 5 nitrogen and oxygen atoms in total. The molecule has 0 atom stereocenters. The summed E-state index contributed by atoms with van der Waals surface area (Å²) in [5, 5.41) is 3.45. The van der Waals surface area contributed by atoms with Gasteiger partial charge >= 0.3 is 0 Å². The quantitative estimate of drug-likeness (QED) is 0.673. The minimum atomic E-state index is 0.745. The maximum absolute atomic E-state index is 4.52. The SMILES string of the molecule is CN=C(NCc1ccnc(N2CCCC2)c1)N(C)Cc1ccccc1. The van der Waals surface area contributed by atoms with Gasteiger partial charge in [0, 0.05) is 46.5 Å². The van der Waals surface area contributed by atoms with E-state index in [4.69, 9.17) is 0 Å². The molecule has 1 fully saturated rings. The number of benzene rings is 1. The molecule has 0 bridgehead atoms. The molecule has 0 aliphatic carbocycles. The van der Waals surface area contributed by atoms with Gasteiger partial charge in [0.25, 0.3) is 0 Å². The predicted molar refractivity (Wildman–Crippen MR) is 104 cm³/mol. The van der Waals surface area contributed by atoms with Gasteiger partial charge in [-0.05, 0) is 36.1 Å². The maximum Gasteiger partial charge on any atom is 0.193 e. The molecule has 3 rings (SSSR count). The Morgan fingerprint density at radius 3 is 2.64 bits per heavy atom. The minimum Gasteiger partial charge on any atom is -0.357 e. The van der Waals surface area contributed by atoms with Crippen molar-refractivity contribution in [3.05, 3.63) is 59.8 Å². The van der Waals surface area contributed by atoms with Crippen LogP contribution >= 0.6 is 0 Å². The highest BCUT2D eigenvalue weighted by Gasteiger charge is 2.14. The van der Waals surface area contributed by atoms with Gasteiger partial charge in [0.2, 0.25) is 0 Å². The highest BCUT2D eigenvalue weighted by molar-refractivity contribution is 5.79. The van der Waals surface area contributed by atoms with Crippen molar-refractivity contribution in [2.75, 3.05) is 32.1 Å². The standard InChI is InChI=1S/C20H27N5/c1-21-20(24(2)16-17-8-4-3-5-9-17)23-15-18-10-11-22-19(14-18)25-12-6-7-13-25/h3-5,8-11,14H,6-7,12-13,15-16H2,1-2H3,(H,21,23). The van der Waals surface area contributed by atoms with Gasteiger partial charge in [0.1, 0.15) is 5.82 Å². The molecule has 5 heteroatoms. The molecule has 0 amide bonds. The van der Waals surface area contributed by atoms with Crippen LogP contribution in [0, 0.1) is 0 Å². The number of hydrogen-bond donors (Lipinski definition) is 1. The summed E-state index contributed by atoms with van der Waals surface area (Å²) in [5.41, 5.74) is 2.50. The molecule has 1 aromatic heterocycles. The smallest absolute Gasteiger partial charge is 0.193 e. The number of aromatic nitrogens is 1. The lowest BCUT2D eigenvalue weighted by Gasteiger charge is -2.22. The van der Waals surface area contributed by atoms with Gasteiger partial charge in [0.05, 0.1) is 0 Å². The molecule has 25 heavy (non-hydrogen) atoms. The fourth-order valence-corrected chi connectivity index (χ4v) is 3.19. The topological polar surface area (TPSA) is 43.8 Å². The average molecular weight is 337 g/mol. The fourth-order valence-electron chi connectivity index (χ4n) is 3.19. The Morgan fingerprint density at radius 2 is 1.92 bits per heavy atom. The maximum atomic E-state index is 4.52. The molecule has 2 aromatic rings. The van der Waals surface area contributed by atoms with Crippen molar-refractivity contribution in [3.63, 3.8) is 0 Å². The number of hydrogen-bond acceptors (Lipinski definition) is 3. The first-order valence-corrected chi connectivity index (χ1v) is 8.92. The molecule has 2 heterocycles.